The smallest absolute Gasteiger partial charge is 0.337 e. The summed E-state index contributed by atoms with van der Waals surface area (Å²) in [6.07, 6.45) is 1.12. The monoisotopic (exact) mass is 325 g/mol. The first-order chi connectivity index (χ1) is 11.5. The van der Waals surface area contributed by atoms with Crippen LogP contribution >= 0.6 is 0 Å². The molecule has 2 N–H and O–H groups in total. The molecule has 1 amide bonds. The Morgan fingerprint density at radius 2 is 1.67 bits per heavy atom. The minimum atomic E-state index is -1.22. The van der Waals surface area contributed by atoms with Gasteiger partial charge in [-0.2, -0.15) is 0 Å². The van der Waals surface area contributed by atoms with E-state index in [4.69, 9.17) is 4.74 Å². The van der Waals surface area contributed by atoms with Crippen molar-refractivity contribution < 1.29 is 24.2 Å². The first kappa shape index (κ1) is 17.0. The molecule has 0 fully saturated rings. The number of ether oxygens (including phenoxy) is 1. The fourth-order valence-electron chi connectivity index (χ4n) is 1.97. The van der Waals surface area contributed by atoms with Crippen LogP contribution in [0, 0.1) is 0 Å². The lowest BCUT2D eigenvalue weighted by molar-refractivity contribution is -0.132. The van der Waals surface area contributed by atoms with E-state index in [-0.39, 0.29) is 11.3 Å². The van der Waals surface area contributed by atoms with E-state index < -0.39 is 17.8 Å². The molecule has 0 heterocycles. The van der Waals surface area contributed by atoms with Crippen LogP contribution < -0.4 is 10.1 Å². The molecule has 0 aliphatic heterocycles. The van der Waals surface area contributed by atoms with Crippen molar-refractivity contribution in [2.45, 2.75) is 6.92 Å². The third-order valence-corrected chi connectivity index (χ3v) is 3.02. The molecule has 0 saturated heterocycles. The predicted octanol–water partition coefficient (Wildman–Crippen LogP) is 2.47. The number of esters is 1. The molecule has 0 saturated carbocycles. The minimum absolute atomic E-state index is 0.131. The molecule has 6 heteroatoms. The Kier molecular flexibility index (Phi) is 5.46. The molecule has 0 aromatic heterocycles. The van der Waals surface area contributed by atoms with Gasteiger partial charge in [0.25, 0.3) is 5.91 Å². The van der Waals surface area contributed by atoms with Gasteiger partial charge >= 0.3 is 11.9 Å². The van der Waals surface area contributed by atoms with Gasteiger partial charge in [-0.25, -0.2) is 4.79 Å². The maximum atomic E-state index is 12.0. The third-order valence-electron chi connectivity index (χ3n) is 3.02. The lowest BCUT2D eigenvalue weighted by Crippen LogP contribution is -2.18. The van der Waals surface area contributed by atoms with Gasteiger partial charge in [-0.3, -0.25) is 9.59 Å². The normalized spacial score (nSPS) is 10.8. The fraction of sp³-hybridized carbons (Fsp3) is 0.0556. The van der Waals surface area contributed by atoms with Gasteiger partial charge in [-0.05, 0) is 29.8 Å². The van der Waals surface area contributed by atoms with Crippen LogP contribution in [0.5, 0.6) is 5.75 Å². The Morgan fingerprint density at radius 1 is 1.00 bits per heavy atom. The summed E-state index contributed by atoms with van der Waals surface area (Å²) in [6.45, 7) is 1.25. The number of amides is 1. The number of carbonyl (C=O) groups is 3. The zero-order valence-electron chi connectivity index (χ0n) is 12.9. The zero-order chi connectivity index (χ0) is 17.5. The maximum Gasteiger partial charge on any atom is 0.337 e. The summed E-state index contributed by atoms with van der Waals surface area (Å²) < 4.78 is 4.93. The average Bonchev–Trinajstić information content (AvgIpc) is 2.55. The Bertz CT molecular complexity index is 796. The second kappa shape index (κ2) is 7.73. The van der Waals surface area contributed by atoms with Crippen molar-refractivity contribution in [2.75, 3.05) is 0 Å². The first-order valence-corrected chi connectivity index (χ1v) is 7.05. The number of carboxylic acids is 1. The molecule has 0 radical (unpaired) electrons. The number of rotatable bonds is 5. The van der Waals surface area contributed by atoms with Crippen molar-refractivity contribution >= 4 is 23.4 Å². The third kappa shape index (κ3) is 4.54. The fourth-order valence-corrected chi connectivity index (χ4v) is 1.97. The summed E-state index contributed by atoms with van der Waals surface area (Å²) in [5.74, 6) is -1.93. The van der Waals surface area contributed by atoms with Crippen molar-refractivity contribution in [3.05, 3.63) is 71.9 Å². The van der Waals surface area contributed by atoms with Gasteiger partial charge in [0.2, 0.25) is 0 Å². The highest BCUT2D eigenvalue weighted by molar-refractivity contribution is 6.16. The topological polar surface area (TPSA) is 92.7 Å². The predicted molar refractivity (Wildman–Crippen MR) is 87.3 cm³/mol. The van der Waals surface area contributed by atoms with E-state index in [0.717, 1.165) is 6.20 Å². The summed E-state index contributed by atoms with van der Waals surface area (Å²) in [6, 6.07) is 14.5. The Labute approximate surface area is 138 Å². The number of hydrogen-bond donors (Lipinski definition) is 2. The number of aliphatic carboxylic acids is 1. The number of nitrogens with one attached hydrogen (secondary N) is 1. The van der Waals surface area contributed by atoms with Crippen molar-refractivity contribution in [3.63, 3.8) is 0 Å². The highest BCUT2D eigenvalue weighted by Gasteiger charge is 2.13. The second-order valence-corrected chi connectivity index (χ2v) is 4.82. The van der Waals surface area contributed by atoms with E-state index in [0.29, 0.717) is 11.1 Å². The molecule has 0 spiro atoms. The van der Waals surface area contributed by atoms with E-state index in [1.54, 1.807) is 42.5 Å². The maximum absolute atomic E-state index is 12.0. The largest absolute Gasteiger partial charge is 0.478 e. The highest BCUT2D eigenvalue weighted by atomic mass is 16.5. The lowest BCUT2D eigenvalue weighted by atomic mass is 10.1. The van der Waals surface area contributed by atoms with Gasteiger partial charge in [0.05, 0.1) is 5.57 Å². The second-order valence-electron chi connectivity index (χ2n) is 4.82. The van der Waals surface area contributed by atoms with E-state index in [9.17, 15) is 19.5 Å². The number of benzene rings is 2. The SMILES string of the molecule is CC(=O)Oc1cccc(C(=CNC(=O)c2ccccc2)C(=O)O)c1. The quantitative estimate of drug-likeness (QED) is 0.500. The zero-order valence-corrected chi connectivity index (χ0v) is 12.9. The summed E-state index contributed by atoms with van der Waals surface area (Å²) in [5.41, 5.74) is 0.579. The van der Waals surface area contributed by atoms with E-state index in [2.05, 4.69) is 5.32 Å². The number of carboxylic acid groups (broad SMARTS) is 1. The molecule has 0 bridgehead atoms. The molecule has 2 aromatic rings. The van der Waals surface area contributed by atoms with Gasteiger partial charge in [-0.15, -0.1) is 0 Å². The van der Waals surface area contributed by atoms with Crippen LogP contribution in [0.3, 0.4) is 0 Å². The van der Waals surface area contributed by atoms with Crippen LogP contribution in [-0.4, -0.2) is 23.0 Å². The number of hydrogen-bond acceptors (Lipinski definition) is 4. The van der Waals surface area contributed by atoms with E-state index in [1.165, 1.54) is 19.1 Å². The Balaban J connectivity index is 2.24. The highest BCUT2D eigenvalue weighted by Crippen LogP contribution is 2.20. The van der Waals surface area contributed by atoms with Crippen LogP contribution in [-0.2, 0) is 9.59 Å². The molecule has 0 unspecified atom stereocenters. The van der Waals surface area contributed by atoms with Crippen LogP contribution in [0.1, 0.15) is 22.8 Å². The Hall–Kier alpha value is -3.41. The molecule has 6 nitrogen and oxygen atoms in total. The van der Waals surface area contributed by atoms with Crippen LogP contribution in [0.15, 0.2) is 60.8 Å². The molecule has 0 atom stereocenters. The van der Waals surface area contributed by atoms with Crippen molar-refractivity contribution in [1.82, 2.24) is 5.32 Å². The lowest BCUT2D eigenvalue weighted by Gasteiger charge is -2.07. The molecular formula is C18H15NO5. The van der Waals surface area contributed by atoms with Crippen molar-refractivity contribution in [1.29, 1.82) is 0 Å². The van der Waals surface area contributed by atoms with Gasteiger partial charge in [-0.1, -0.05) is 30.3 Å². The summed E-state index contributed by atoms with van der Waals surface area (Å²) in [4.78, 5) is 34.4. The standard InChI is InChI=1S/C18H15NO5/c1-12(20)24-15-9-5-8-14(10-15)16(18(22)23)11-19-17(21)13-6-3-2-4-7-13/h2-11H,1H3,(H,19,21)(H,22,23). The van der Waals surface area contributed by atoms with Crippen LogP contribution in [0.4, 0.5) is 0 Å². The molecular weight excluding hydrogens is 310 g/mol. The first-order valence-electron chi connectivity index (χ1n) is 7.05. The summed E-state index contributed by atoms with van der Waals surface area (Å²) in [7, 11) is 0. The van der Waals surface area contributed by atoms with Gasteiger partial charge in [0.15, 0.2) is 0 Å². The number of carbonyl (C=O) groups excluding carboxylic acids is 2. The molecule has 122 valence electrons. The Morgan fingerprint density at radius 3 is 2.29 bits per heavy atom. The molecule has 24 heavy (non-hydrogen) atoms. The molecule has 0 aliphatic carbocycles. The minimum Gasteiger partial charge on any atom is -0.478 e. The molecule has 0 aliphatic rings. The summed E-state index contributed by atoms with van der Waals surface area (Å²) in [5, 5.41) is 11.8. The molecule has 2 rings (SSSR count). The average molecular weight is 325 g/mol. The van der Waals surface area contributed by atoms with Crippen molar-refractivity contribution in [3.8, 4) is 5.75 Å². The van der Waals surface area contributed by atoms with Gasteiger partial charge in [0.1, 0.15) is 5.75 Å². The van der Waals surface area contributed by atoms with E-state index in [1.807, 2.05) is 0 Å². The van der Waals surface area contributed by atoms with Crippen LogP contribution in [0.25, 0.3) is 5.57 Å². The van der Waals surface area contributed by atoms with Crippen molar-refractivity contribution in [2.24, 2.45) is 0 Å². The molecule has 2 aromatic carbocycles. The van der Waals surface area contributed by atoms with Crippen LogP contribution in [0.2, 0.25) is 0 Å². The van der Waals surface area contributed by atoms with Gasteiger partial charge < -0.3 is 15.2 Å². The summed E-state index contributed by atoms with van der Waals surface area (Å²) >= 11 is 0. The van der Waals surface area contributed by atoms with E-state index >= 15 is 0 Å². The van der Waals surface area contributed by atoms with Gasteiger partial charge in [0, 0.05) is 18.7 Å².